The van der Waals surface area contributed by atoms with Crippen molar-refractivity contribution in [1.29, 1.82) is 0 Å². The molecule has 0 saturated carbocycles. The molecule has 0 spiro atoms. The van der Waals surface area contributed by atoms with E-state index in [1.54, 1.807) is 24.3 Å². The number of primary amides is 1. The number of nitrogens with one attached hydrogen (secondary N) is 8. The average Bonchev–Trinajstić information content (AvgIpc) is 3.37. The second-order valence-electron chi connectivity index (χ2n) is 18.2. The number of amides is 9. The highest BCUT2D eigenvalue weighted by molar-refractivity contribution is 8.76. The van der Waals surface area contributed by atoms with Crippen LogP contribution < -0.4 is 59.7 Å². The van der Waals surface area contributed by atoms with Gasteiger partial charge in [0.2, 0.25) is 53.2 Å². The zero-order valence-electron chi connectivity index (χ0n) is 42.1. The van der Waals surface area contributed by atoms with Gasteiger partial charge in [0.05, 0.1) is 12.1 Å². The Balaban J connectivity index is 1.79. The Morgan fingerprint density at radius 2 is 1.22 bits per heavy atom. The van der Waals surface area contributed by atoms with Crippen molar-refractivity contribution in [3.8, 4) is 11.5 Å². The first-order valence-electron chi connectivity index (χ1n) is 24.5. The fourth-order valence-corrected chi connectivity index (χ4v) is 10.1. The Bertz CT molecular complexity index is 2460. The monoisotopic (exact) mass is 1110 g/mol. The van der Waals surface area contributed by atoms with Gasteiger partial charge in [-0.25, -0.2) is 0 Å². The molecular weight excluding hydrogens is 1050 g/mol. The van der Waals surface area contributed by atoms with Gasteiger partial charge in [-0.3, -0.25) is 43.2 Å². The average molecular weight is 1110 g/mol. The van der Waals surface area contributed by atoms with Gasteiger partial charge in [-0.1, -0.05) is 69.6 Å². The minimum Gasteiger partial charge on any atom is -0.508 e. The molecule has 76 heavy (non-hydrogen) atoms. The quantitative estimate of drug-likeness (QED) is 0.0467. The van der Waals surface area contributed by atoms with Crippen LogP contribution in [0.2, 0.25) is 5.02 Å². The number of phenolic OH excluding ortho intramolecular Hbond substituents is 2. The Morgan fingerprint density at radius 1 is 0.697 bits per heavy atom. The van der Waals surface area contributed by atoms with E-state index in [0.29, 0.717) is 34.6 Å². The molecule has 0 aromatic heterocycles. The summed E-state index contributed by atoms with van der Waals surface area (Å²) >= 11 is 6.05. The van der Waals surface area contributed by atoms with Crippen LogP contribution >= 0.6 is 33.2 Å². The number of rotatable bonds is 20. The largest absolute Gasteiger partial charge is 0.508 e. The fourth-order valence-electron chi connectivity index (χ4n) is 7.62. The van der Waals surface area contributed by atoms with E-state index >= 15 is 0 Å². The van der Waals surface area contributed by atoms with E-state index in [1.165, 1.54) is 62.4 Å². The number of aliphatic hydroxyl groups is 1. The predicted molar refractivity (Wildman–Crippen MR) is 287 cm³/mol. The van der Waals surface area contributed by atoms with E-state index in [-0.39, 0.29) is 80.5 Å². The van der Waals surface area contributed by atoms with Crippen molar-refractivity contribution in [3.63, 3.8) is 0 Å². The summed E-state index contributed by atoms with van der Waals surface area (Å²) in [5.41, 5.74) is 19.4. The summed E-state index contributed by atoms with van der Waals surface area (Å²) in [5, 5.41) is 52.1. The number of phenols is 2. The molecule has 26 heteroatoms. The van der Waals surface area contributed by atoms with Crippen LogP contribution in [0.3, 0.4) is 0 Å². The van der Waals surface area contributed by atoms with Gasteiger partial charge in [0.15, 0.2) is 0 Å². The van der Waals surface area contributed by atoms with Gasteiger partial charge in [-0.05, 0) is 105 Å². The highest BCUT2D eigenvalue weighted by Gasteiger charge is 2.36. The number of aliphatic hydroxyl groups excluding tert-OH is 1. The third-order valence-corrected chi connectivity index (χ3v) is 14.6. The molecule has 1 aliphatic heterocycles. The molecule has 414 valence electrons. The van der Waals surface area contributed by atoms with Crippen LogP contribution in [0.15, 0.2) is 72.8 Å². The summed E-state index contributed by atoms with van der Waals surface area (Å²) in [6, 6.07) is 6.68. The molecule has 1 saturated heterocycles. The summed E-state index contributed by atoms with van der Waals surface area (Å²) in [5.74, 6) is -8.23. The molecule has 3 aromatic carbocycles. The molecule has 4 rings (SSSR count). The topological polar surface area (TPSA) is 389 Å². The lowest BCUT2D eigenvalue weighted by Crippen LogP contribution is -2.62. The first-order valence-corrected chi connectivity index (χ1v) is 27.3. The lowest BCUT2D eigenvalue weighted by Gasteiger charge is -2.29. The minimum absolute atomic E-state index is 0.0279. The Morgan fingerprint density at radius 3 is 1.80 bits per heavy atom. The smallest absolute Gasteiger partial charge is 0.245 e. The van der Waals surface area contributed by atoms with Crippen LogP contribution in [0.1, 0.15) is 62.6 Å². The maximum Gasteiger partial charge on any atom is 0.245 e. The van der Waals surface area contributed by atoms with Crippen LogP contribution in [-0.4, -0.2) is 148 Å². The molecular formula is C50H68ClN11O12S2. The molecule has 1 heterocycles. The summed E-state index contributed by atoms with van der Waals surface area (Å²) in [6.45, 7) is 2.82. The van der Waals surface area contributed by atoms with E-state index in [4.69, 9.17) is 28.8 Å². The molecule has 9 atom stereocenters. The van der Waals surface area contributed by atoms with Crippen molar-refractivity contribution in [1.82, 2.24) is 42.5 Å². The normalized spacial score (nSPS) is 21.4. The van der Waals surface area contributed by atoms with Gasteiger partial charge in [-0.15, -0.1) is 0 Å². The van der Waals surface area contributed by atoms with Crippen molar-refractivity contribution in [2.45, 2.75) is 120 Å². The molecule has 0 bridgehead atoms. The van der Waals surface area contributed by atoms with Crippen LogP contribution in [-0.2, 0) is 62.4 Å². The lowest BCUT2D eigenvalue weighted by atomic mass is 10.0. The highest BCUT2D eigenvalue weighted by Crippen LogP contribution is 2.24. The summed E-state index contributed by atoms with van der Waals surface area (Å²) < 4.78 is 0. The van der Waals surface area contributed by atoms with Gasteiger partial charge in [0.1, 0.15) is 53.8 Å². The molecule has 3 aromatic rings. The molecule has 23 nitrogen and oxygen atoms in total. The minimum atomic E-state index is -1.74. The molecule has 9 amide bonds. The maximum atomic E-state index is 14.5. The zero-order valence-corrected chi connectivity index (χ0v) is 44.4. The molecule has 0 radical (unpaired) electrons. The third kappa shape index (κ3) is 21.2. The van der Waals surface area contributed by atoms with E-state index in [1.807, 2.05) is 0 Å². The maximum absolute atomic E-state index is 14.5. The van der Waals surface area contributed by atoms with Gasteiger partial charge in [0, 0.05) is 42.8 Å². The van der Waals surface area contributed by atoms with Crippen LogP contribution in [0.4, 0.5) is 0 Å². The molecule has 0 unspecified atom stereocenters. The number of hydrogen-bond acceptors (Lipinski definition) is 16. The highest BCUT2D eigenvalue weighted by atomic mass is 35.5. The van der Waals surface area contributed by atoms with Crippen molar-refractivity contribution in [3.05, 3.63) is 94.5 Å². The number of carbonyl (C=O) groups is 9. The SMILES string of the molecule is CC(=O)NCCC[C@H]1NC(=O)[C@H](Cc2ccc(O)cc2)NC(=O)[C@H](NC(=O)[C@@H](N)Cc2ccc(Cl)cc2)CSSC[C@@H](C(=O)N[C@H](Cc2ccc(O)cc2)C(N)=O)NC(=O)[C@H]([C@@H](C)O)NC(=O)[C@H](CCCCN)NC1=O. The summed E-state index contributed by atoms with van der Waals surface area (Å²) in [7, 11) is 1.92. The van der Waals surface area contributed by atoms with Gasteiger partial charge in [0.25, 0.3) is 0 Å². The van der Waals surface area contributed by atoms with Gasteiger partial charge < -0.3 is 75.1 Å². The van der Waals surface area contributed by atoms with E-state index in [0.717, 1.165) is 21.6 Å². The second-order valence-corrected chi connectivity index (χ2v) is 21.1. The van der Waals surface area contributed by atoms with Gasteiger partial charge >= 0.3 is 0 Å². The number of aromatic hydroxyl groups is 2. The van der Waals surface area contributed by atoms with Crippen molar-refractivity contribution in [2.24, 2.45) is 17.2 Å². The van der Waals surface area contributed by atoms with Crippen LogP contribution in [0.25, 0.3) is 0 Å². The van der Waals surface area contributed by atoms with Gasteiger partial charge in [-0.2, -0.15) is 0 Å². The fraction of sp³-hybridized carbons (Fsp3) is 0.460. The van der Waals surface area contributed by atoms with Crippen molar-refractivity contribution in [2.75, 3.05) is 24.6 Å². The van der Waals surface area contributed by atoms with Crippen LogP contribution in [0.5, 0.6) is 11.5 Å². The number of halogens is 1. The molecule has 1 fully saturated rings. The number of benzene rings is 3. The first-order chi connectivity index (χ1) is 36.1. The predicted octanol–water partition coefficient (Wildman–Crippen LogP) is -1.19. The summed E-state index contributed by atoms with van der Waals surface area (Å²) in [6.07, 6.45) is -1.14. The Hall–Kier alpha value is -6.64. The van der Waals surface area contributed by atoms with Crippen LogP contribution in [0, 0.1) is 0 Å². The lowest BCUT2D eigenvalue weighted by molar-refractivity contribution is -0.136. The Labute approximate surface area is 452 Å². The molecule has 0 aliphatic carbocycles. The standard InChI is InChI=1S/C50H68ClN11O12S2/c1-27(63)42-50(74)61-41(48(72)58-38(43(54)67)23-30-10-16-33(65)17-11-30)26-76-75-25-40(60-44(68)35(53)22-29-8-14-32(51)15-9-29)49(73)59-39(24-31-12-18-34(66)19-13-31)47(71)57-37(7-5-21-55-28(2)64)45(69)56-36(46(70)62-42)6-3-4-20-52/h8-19,27,35-42,63,65-66H,3-7,20-26,52-53H2,1-2H3,(H2,54,67)(H,55,64)(H,56,69)(H,57,71)(H,58,72)(H,59,73)(H,60,68)(H,61,74)(H,62,70)/t27-,35+,36+,37-,38-,39+,40-,41+,42+/m1/s1. The Kier molecular flexibility index (Phi) is 25.6. The number of nitrogens with two attached hydrogens (primary N) is 3. The number of hydrogen-bond donors (Lipinski definition) is 14. The molecule has 17 N–H and O–H groups in total. The molecule has 1 aliphatic rings. The van der Waals surface area contributed by atoms with Crippen molar-refractivity contribution >= 4 is 86.4 Å². The van der Waals surface area contributed by atoms with E-state index in [2.05, 4.69) is 42.5 Å². The number of carbonyl (C=O) groups excluding carboxylic acids is 9. The summed E-state index contributed by atoms with van der Waals surface area (Å²) in [4.78, 5) is 124. The first kappa shape index (κ1) is 61.9. The second kappa shape index (κ2) is 31.4. The van der Waals surface area contributed by atoms with Crippen molar-refractivity contribution < 1.29 is 58.5 Å². The number of unbranched alkanes of at least 4 members (excludes halogenated alkanes) is 1. The van der Waals surface area contributed by atoms with E-state index in [9.17, 15) is 58.5 Å². The zero-order chi connectivity index (χ0) is 55.9. The third-order valence-electron chi connectivity index (χ3n) is 11.9. The van der Waals surface area contributed by atoms with E-state index < -0.39 is 102 Å².